The molecule has 0 unspecified atom stereocenters. The smallest absolute Gasteiger partial charge is 0.118 e. The molecule has 1 saturated heterocycles. The number of hydrogen-bond acceptors (Lipinski definition) is 2. The molecule has 2 nitrogen and oxygen atoms in total. The molecule has 1 aliphatic heterocycles. The summed E-state index contributed by atoms with van der Waals surface area (Å²) in [6, 6.07) is 0. The average molecular weight is 182 g/mol. The van der Waals surface area contributed by atoms with Crippen molar-refractivity contribution in [2.24, 2.45) is 0 Å². The maximum Gasteiger partial charge on any atom is 0.118 e. The molecule has 1 aliphatic rings. The van der Waals surface area contributed by atoms with Gasteiger partial charge in [-0.2, -0.15) is 0 Å². The van der Waals surface area contributed by atoms with E-state index >= 15 is 0 Å². The highest BCUT2D eigenvalue weighted by atomic mass is 16.6. The van der Waals surface area contributed by atoms with E-state index in [-0.39, 0.29) is 12.2 Å². The van der Waals surface area contributed by atoms with Gasteiger partial charge in [-0.15, -0.1) is 0 Å². The molecule has 1 rings (SSSR count). The molecule has 0 aromatic heterocycles. The fraction of sp³-hybridized carbons (Fsp3) is 0.636. The van der Waals surface area contributed by atoms with Crippen LogP contribution in [0.4, 0.5) is 0 Å². The van der Waals surface area contributed by atoms with Crippen molar-refractivity contribution in [2.75, 3.05) is 13.2 Å². The van der Waals surface area contributed by atoms with Crippen LogP contribution in [0.25, 0.3) is 0 Å². The van der Waals surface area contributed by atoms with E-state index in [9.17, 15) is 0 Å². The molecule has 1 N–H and O–H groups in total. The Morgan fingerprint density at radius 2 is 2.15 bits per heavy atom. The molecule has 0 aromatic carbocycles. The van der Waals surface area contributed by atoms with E-state index < -0.39 is 0 Å². The molecule has 0 bridgehead atoms. The lowest BCUT2D eigenvalue weighted by Gasteiger charge is -2.01. The van der Waals surface area contributed by atoms with Crippen LogP contribution < -0.4 is 0 Å². The minimum Gasteiger partial charge on any atom is -0.393 e. The van der Waals surface area contributed by atoms with E-state index in [2.05, 4.69) is 32.1 Å². The summed E-state index contributed by atoms with van der Waals surface area (Å²) in [7, 11) is 0. The predicted octanol–water partition coefficient (Wildman–Crippen LogP) is 2.05. The van der Waals surface area contributed by atoms with Gasteiger partial charge in [0.05, 0.1) is 13.2 Å². The van der Waals surface area contributed by atoms with Crippen molar-refractivity contribution >= 4 is 0 Å². The summed E-state index contributed by atoms with van der Waals surface area (Å²) in [5.74, 6) is 0. The summed E-state index contributed by atoms with van der Waals surface area (Å²) in [4.78, 5) is 0. The van der Waals surface area contributed by atoms with Gasteiger partial charge in [-0.05, 0) is 26.7 Å². The minimum absolute atomic E-state index is 0.139. The number of aliphatic hydroxyl groups is 1. The summed E-state index contributed by atoms with van der Waals surface area (Å²) in [5.41, 5.74) is 1.12. The summed E-state index contributed by atoms with van der Waals surface area (Å²) in [5, 5.41) is 8.93. The van der Waals surface area contributed by atoms with Crippen LogP contribution in [0.3, 0.4) is 0 Å². The van der Waals surface area contributed by atoms with Gasteiger partial charge in [0.1, 0.15) is 5.60 Å². The molecule has 74 valence electrons. The van der Waals surface area contributed by atoms with Crippen molar-refractivity contribution in [1.82, 2.24) is 0 Å². The fourth-order valence-electron chi connectivity index (χ4n) is 1.07. The van der Waals surface area contributed by atoms with E-state index in [0.717, 1.165) is 12.8 Å². The molecule has 1 atom stereocenters. The molecule has 0 spiro atoms. The topological polar surface area (TPSA) is 32.8 Å². The van der Waals surface area contributed by atoms with Gasteiger partial charge >= 0.3 is 0 Å². The van der Waals surface area contributed by atoms with Crippen molar-refractivity contribution < 1.29 is 9.84 Å². The Hall–Kier alpha value is -0.600. The zero-order valence-electron chi connectivity index (χ0n) is 8.42. The summed E-state index contributed by atoms with van der Waals surface area (Å²) >= 11 is 0. The second-order valence-corrected chi connectivity index (χ2v) is 3.82. The standard InChI is InChI=1S/C11H18O2/c1-10(2)6-4-3-5-7-11(8-12)9-13-11/h3,5-6,12H,4,7-9H2,1-2H3/b5-3+/t11-/m0/s1. The highest BCUT2D eigenvalue weighted by Gasteiger charge is 2.42. The first kappa shape index (κ1) is 10.5. The Kier molecular flexibility index (Phi) is 3.70. The van der Waals surface area contributed by atoms with Gasteiger partial charge < -0.3 is 9.84 Å². The molecular weight excluding hydrogens is 164 g/mol. The first-order valence-corrected chi connectivity index (χ1v) is 4.72. The van der Waals surface area contributed by atoms with E-state index in [1.807, 2.05) is 0 Å². The number of rotatable bonds is 5. The van der Waals surface area contributed by atoms with E-state index in [1.165, 1.54) is 5.57 Å². The molecule has 0 aliphatic carbocycles. The summed E-state index contributed by atoms with van der Waals surface area (Å²) in [6.07, 6.45) is 8.19. The van der Waals surface area contributed by atoms with Gasteiger partial charge in [0.15, 0.2) is 0 Å². The monoisotopic (exact) mass is 182 g/mol. The number of allylic oxidation sites excluding steroid dienone is 3. The number of epoxide rings is 1. The Balaban J connectivity index is 2.15. The van der Waals surface area contributed by atoms with Crippen molar-refractivity contribution in [3.8, 4) is 0 Å². The zero-order chi connectivity index (χ0) is 9.73. The lowest BCUT2D eigenvalue weighted by atomic mass is 10.1. The Morgan fingerprint density at radius 3 is 2.62 bits per heavy atom. The maximum atomic E-state index is 8.93. The quantitative estimate of drug-likeness (QED) is 0.521. The van der Waals surface area contributed by atoms with Crippen molar-refractivity contribution in [3.63, 3.8) is 0 Å². The number of aliphatic hydroxyl groups excluding tert-OH is 1. The van der Waals surface area contributed by atoms with Crippen molar-refractivity contribution in [1.29, 1.82) is 0 Å². The molecule has 1 heterocycles. The van der Waals surface area contributed by atoms with Crippen LogP contribution >= 0.6 is 0 Å². The van der Waals surface area contributed by atoms with Gasteiger partial charge in [-0.1, -0.05) is 23.8 Å². The van der Waals surface area contributed by atoms with Crippen LogP contribution in [0.2, 0.25) is 0 Å². The van der Waals surface area contributed by atoms with Gasteiger partial charge in [-0.25, -0.2) is 0 Å². The Labute approximate surface area is 79.9 Å². The third kappa shape index (κ3) is 3.75. The number of ether oxygens (including phenoxy) is 1. The maximum absolute atomic E-state index is 8.93. The molecule has 13 heavy (non-hydrogen) atoms. The third-order valence-corrected chi connectivity index (χ3v) is 2.16. The fourth-order valence-corrected chi connectivity index (χ4v) is 1.07. The van der Waals surface area contributed by atoms with Gasteiger partial charge in [0.2, 0.25) is 0 Å². The Bertz CT molecular complexity index is 208. The second kappa shape index (κ2) is 4.58. The van der Waals surface area contributed by atoms with Crippen LogP contribution in [0.5, 0.6) is 0 Å². The van der Waals surface area contributed by atoms with Crippen LogP contribution in [0, 0.1) is 0 Å². The molecule has 1 fully saturated rings. The number of hydrogen-bond donors (Lipinski definition) is 1. The molecule has 0 aromatic rings. The van der Waals surface area contributed by atoms with E-state index in [0.29, 0.717) is 6.61 Å². The largest absolute Gasteiger partial charge is 0.393 e. The van der Waals surface area contributed by atoms with Gasteiger partial charge in [0, 0.05) is 0 Å². The zero-order valence-corrected chi connectivity index (χ0v) is 8.42. The van der Waals surface area contributed by atoms with Crippen molar-refractivity contribution in [2.45, 2.75) is 32.3 Å². The minimum atomic E-state index is -0.221. The summed E-state index contributed by atoms with van der Waals surface area (Å²) in [6.45, 7) is 5.02. The van der Waals surface area contributed by atoms with E-state index in [1.54, 1.807) is 0 Å². The molecule has 0 radical (unpaired) electrons. The second-order valence-electron chi connectivity index (χ2n) is 3.82. The predicted molar refractivity (Wildman–Crippen MR) is 53.6 cm³/mol. The first-order chi connectivity index (χ1) is 6.18. The van der Waals surface area contributed by atoms with Gasteiger partial charge in [0.25, 0.3) is 0 Å². The molecular formula is C11H18O2. The SMILES string of the molecule is CC(C)=CC/C=C/C[C@]1(CO)CO1. The average Bonchev–Trinajstić information content (AvgIpc) is 2.84. The normalized spacial score (nSPS) is 26.4. The van der Waals surface area contributed by atoms with Crippen LogP contribution in [-0.4, -0.2) is 23.9 Å². The Morgan fingerprint density at radius 1 is 1.46 bits per heavy atom. The highest BCUT2D eigenvalue weighted by molar-refractivity contribution is 5.03. The molecule has 0 amide bonds. The lowest BCUT2D eigenvalue weighted by molar-refractivity contribution is 0.173. The van der Waals surface area contributed by atoms with Crippen LogP contribution in [-0.2, 0) is 4.74 Å². The lowest BCUT2D eigenvalue weighted by Crippen LogP contribution is -2.14. The third-order valence-electron chi connectivity index (χ3n) is 2.16. The summed E-state index contributed by atoms with van der Waals surface area (Å²) < 4.78 is 5.16. The van der Waals surface area contributed by atoms with Crippen molar-refractivity contribution in [3.05, 3.63) is 23.8 Å². The first-order valence-electron chi connectivity index (χ1n) is 4.72. The molecule has 0 saturated carbocycles. The van der Waals surface area contributed by atoms with Crippen LogP contribution in [0.1, 0.15) is 26.7 Å². The van der Waals surface area contributed by atoms with E-state index in [4.69, 9.17) is 9.84 Å². The highest BCUT2D eigenvalue weighted by Crippen LogP contribution is 2.30. The van der Waals surface area contributed by atoms with Gasteiger partial charge in [-0.3, -0.25) is 0 Å². The molecule has 2 heteroatoms. The van der Waals surface area contributed by atoms with Crippen LogP contribution in [0.15, 0.2) is 23.8 Å².